The predicted molar refractivity (Wildman–Crippen MR) is 50.5 cm³/mol. The van der Waals surface area contributed by atoms with Crippen LogP contribution in [0.3, 0.4) is 0 Å². The predicted octanol–water partition coefficient (Wildman–Crippen LogP) is 3.25. The van der Waals surface area contributed by atoms with Gasteiger partial charge < -0.3 is 0 Å². The number of nitrogens with zero attached hydrogens (tertiary/aromatic N) is 2. The summed E-state index contributed by atoms with van der Waals surface area (Å²) in [5, 5.41) is 19.0. The summed E-state index contributed by atoms with van der Waals surface area (Å²) in [5.41, 5.74) is -2.74. The summed E-state index contributed by atoms with van der Waals surface area (Å²) in [7, 11) is 0. The van der Waals surface area contributed by atoms with E-state index < -0.39 is 22.4 Å². The molecular weight excluding hydrogens is 293 g/mol. The van der Waals surface area contributed by atoms with Gasteiger partial charge in [-0.25, -0.2) is 0 Å². The molecule has 0 fully saturated rings. The van der Waals surface area contributed by atoms with E-state index in [4.69, 9.17) is 5.26 Å². The number of nitro groups is 1. The molecule has 0 amide bonds. The van der Waals surface area contributed by atoms with Crippen molar-refractivity contribution in [2.75, 3.05) is 0 Å². The van der Waals surface area contributed by atoms with Crippen molar-refractivity contribution in [3.63, 3.8) is 0 Å². The molecule has 0 N–H and O–H groups in total. The third-order valence-corrected chi connectivity index (χ3v) is 2.36. The topological polar surface area (TPSA) is 66.9 Å². The average molecular weight is 295 g/mol. The molecule has 1 rings (SSSR count). The second-order valence-electron chi connectivity index (χ2n) is 2.72. The molecule has 0 unspecified atom stereocenters. The van der Waals surface area contributed by atoms with Crippen molar-refractivity contribution in [1.82, 2.24) is 0 Å². The zero-order valence-electron chi connectivity index (χ0n) is 7.38. The van der Waals surface area contributed by atoms with Crippen LogP contribution in [0.15, 0.2) is 16.6 Å². The van der Waals surface area contributed by atoms with Crippen molar-refractivity contribution >= 4 is 21.6 Å². The Balaban J connectivity index is 3.57. The molecule has 8 heteroatoms. The minimum atomic E-state index is -4.83. The van der Waals surface area contributed by atoms with Gasteiger partial charge in [-0.2, -0.15) is 18.4 Å². The monoisotopic (exact) mass is 294 g/mol. The smallest absolute Gasteiger partial charge is 0.258 e. The highest BCUT2D eigenvalue weighted by molar-refractivity contribution is 9.10. The fourth-order valence-electron chi connectivity index (χ4n) is 1.03. The minimum Gasteiger partial charge on any atom is -0.258 e. The zero-order chi connectivity index (χ0) is 12.5. The van der Waals surface area contributed by atoms with Crippen LogP contribution >= 0.6 is 15.9 Å². The van der Waals surface area contributed by atoms with Gasteiger partial charge in [-0.05, 0) is 22.0 Å². The van der Waals surface area contributed by atoms with Gasteiger partial charge in [0.25, 0.3) is 5.69 Å². The number of benzene rings is 1. The third kappa shape index (κ3) is 2.30. The highest BCUT2D eigenvalue weighted by Gasteiger charge is 2.39. The van der Waals surface area contributed by atoms with E-state index in [1.54, 1.807) is 6.07 Å². The van der Waals surface area contributed by atoms with Crippen molar-refractivity contribution in [1.29, 1.82) is 5.26 Å². The molecule has 0 saturated heterocycles. The fraction of sp³-hybridized carbons (Fsp3) is 0.125. The summed E-state index contributed by atoms with van der Waals surface area (Å²) >= 11 is 2.74. The maximum Gasteiger partial charge on any atom is 0.423 e. The molecule has 0 bridgehead atoms. The zero-order valence-corrected chi connectivity index (χ0v) is 8.96. The molecule has 4 nitrogen and oxygen atoms in total. The fourth-order valence-corrected chi connectivity index (χ4v) is 1.46. The molecule has 0 aromatic heterocycles. The first-order chi connectivity index (χ1) is 7.27. The Labute approximate surface area is 95.6 Å². The Morgan fingerprint density at radius 1 is 1.44 bits per heavy atom. The lowest BCUT2D eigenvalue weighted by Gasteiger charge is -2.08. The van der Waals surface area contributed by atoms with E-state index in [1.165, 1.54) is 0 Å². The first kappa shape index (κ1) is 12.4. The molecule has 0 spiro atoms. The van der Waals surface area contributed by atoms with E-state index in [0.29, 0.717) is 12.1 Å². The Hall–Kier alpha value is -1.62. The van der Waals surface area contributed by atoms with Crippen LogP contribution in [0.5, 0.6) is 0 Å². The SMILES string of the molecule is N#Cc1cc([N+](=O)[O-])c(C(F)(F)F)cc1Br. The first-order valence-electron chi connectivity index (χ1n) is 3.72. The number of nitro benzene ring substituents is 1. The van der Waals surface area contributed by atoms with Crippen molar-refractivity contribution in [2.45, 2.75) is 6.18 Å². The number of nitriles is 1. The largest absolute Gasteiger partial charge is 0.423 e. The Kier molecular flexibility index (Phi) is 3.19. The Morgan fingerprint density at radius 3 is 2.38 bits per heavy atom. The van der Waals surface area contributed by atoms with Gasteiger partial charge >= 0.3 is 6.18 Å². The second kappa shape index (κ2) is 4.09. The van der Waals surface area contributed by atoms with Crippen LogP contribution in [-0.2, 0) is 6.18 Å². The number of halogens is 4. The normalized spacial score (nSPS) is 10.9. The quantitative estimate of drug-likeness (QED) is 0.590. The van der Waals surface area contributed by atoms with E-state index in [-0.39, 0.29) is 10.0 Å². The summed E-state index contributed by atoms with van der Waals surface area (Å²) in [4.78, 5) is 9.26. The second-order valence-corrected chi connectivity index (χ2v) is 3.57. The minimum absolute atomic E-state index is 0.132. The molecule has 0 aliphatic carbocycles. The van der Waals surface area contributed by atoms with Crippen LogP contribution in [0.25, 0.3) is 0 Å². The molecule has 0 atom stereocenters. The van der Waals surface area contributed by atoms with Gasteiger partial charge in [0.15, 0.2) is 0 Å². The van der Waals surface area contributed by atoms with Crippen LogP contribution in [0.4, 0.5) is 18.9 Å². The van der Waals surface area contributed by atoms with Crippen molar-refractivity contribution < 1.29 is 18.1 Å². The number of rotatable bonds is 1. The van der Waals surface area contributed by atoms with Crippen LogP contribution in [0, 0.1) is 21.4 Å². The molecular formula is C8H2BrF3N2O2. The maximum atomic E-state index is 12.4. The Morgan fingerprint density at radius 2 is 2.00 bits per heavy atom. The summed E-state index contributed by atoms with van der Waals surface area (Å²) in [6.07, 6.45) is -4.83. The average Bonchev–Trinajstić information content (AvgIpc) is 2.15. The first-order valence-corrected chi connectivity index (χ1v) is 4.52. The van der Waals surface area contributed by atoms with Gasteiger partial charge in [-0.15, -0.1) is 0 Å². The third-order valence-electron chi connectivity index (χ3n) is 1.71. The molecule has 84 valence electrons. The molecule has 1 aromatic carbocycles. The number of alkyl halides is 3. The van der Waals surface area contributed by atoms with Crippen molar-refractivity contribution in [2.24, 2.45) is 0 Å². The number of hydrogen-bond acceptors (Lipinski definition) is 3. The molecule has 1 aromatic rings. The van der Waals surface area contributed by atoms with Crippen LogP contribution in [0.2, 0.25) is 0 Å². The highest BCUT2D eigenvalue weighted by atomic mass is 79.9. The van der Waals surface area contributed by atoms with Gasteiger partial charge in [0.05, 0.1) is 10.5 Å². The van der Waals surface area contributed by atoms with Crippen molar-refractivity contribution in [3.8, 4) is 6.07 Å². The summed E-state index contributed by atoms with van der Waals surface area (Å²) in [5.74, 6) is 0. The lowest BCUT2D eigenvalue weighted by molar-refractivity contribution is -0.388. The van der Waals surface area contributed by atoms with E-state index in [9.17, 15) is 23.3 Å². The van der Waals surface area contributed by atoms with Gasteiger partial charge in [0.1, 0.15) is 11.6 Å². The summed E-state index contributed by atoms with van der Waals surface area (Å²) in [6.45, 7) is 0. The van der Waals surface area contributed by atoms with Crippen LogP contribution in [0.1, 0.15) is 11.1 Å². The van der Waals surface area contributed by atoms with Crippen LogP contribution < -0.4 is 0 Å². The van der Waals surface area contributed by atoms with Gasteiger partial charge in [-0.1, -0.05) is 0 Å². The standard InChI is InChI=1S/C8H2BrF3N2O2/c9-6-2-5(8(10,11)12)7(14(15)16)1-4(6)3-13/h1-2H. The molecule has 0 heterocycles. The maximum absolute atomic E-state index is 12.4. The highest BCUT2D eigenvalue weighted by Crippen LogP contribution is 2.38. The van der Waals surface area contributed by atoms with E-state index >= 15 is 0 Å². The Bertz CT molecular complexity index is 493. The van der Waals surface area contributed by atoms with Gasteiger partial charge in [-0.3, -0.25) is 10.1 Å². The molecule has 0 saturated carbocycles. The van der Waals surface area contributed by atoms with E-state index in [0.717, 1.165) is 0 Å². The lowest BCUT2D eigenvalue weighted by Crippen LogP contribution is -2.09. The van der Waals surface area contributed by atoms with E-state index in [2.05, 4.69) is 15.9 Å². The number of hydrogen-bond donors (Lipinski definition) is 0. The molecule has 16 heavy (non-hydrogen) atoms. The van der Waals surface area contributed by atoms with Gasteiger partial charge in [0, 0.05) is 10.5 Å². The van der Waals surface area contributed by atoms with Gasteiger partial charge in [0.2, 0.25) is 0 Å². The molecule has 0 aliphatic rings. The lowest BCUT2D eigenvalue weighted by atomic mass is 10.1. The van der Waals surface area contributed by atoms with Crippen LogP contribution in [-0.4, -0.2) is 4.92 Å². The van der Waals surface area contributed by atoms with E-state index in [1.807, 2.05) is 0 Å². The molecule has 0 aliphatic heterocycles. The molecule has 0 radical (unpaired) electrons. The summed E-state index contributed by atoms with van der Waals surface area (Å²) in [6, 6.07) is 2.67. The van der Waals surface area contributed by atoms with Crippen molar-refractivity contribution in [3.05, 3.63) is 37.8 Å². The summed E-state index contributed by atoms with van der Waals surface area (Å²) < 4.78 is 37.1.